The van der Waals surface area contributed by atoms with Crippen LogP contribution in [-0.2, 0) is 19.4 Å². The smallest absolute Gasteiger partial charge is 0.243 e. The van der Waals surface area contributed by atoms with Crippen LogP contribution in [0.3, 0.4) is 0 Å². The van der Waals surface area contributed by atoms with Crippen molar-refractivity contribution in [2.75, 3.05) is 12.4 Å². The molecule has 0 aliphatic rings. The fraction of sp³-hybridized carbons (Fsp3) is 0.400. The van der Waals surface area contributed by atoms with Crippen molar-refractivity contribution in [3.63, 3.8) is 0 Å². The number of aryl methyl sites for hydroxylation is 2. The van der Waals surface area contributed by atoms with E-state index < -0.39 is 0 Å². The molecule has 0 unspecified atom stereocenters. The number of hydrogen-bond donors (Lipinski definition) is 1. The Hall–Kier alpha value is -1.69. The molecule has 2 rings (SSSR count). The zero-order valence-corrected chi connectivity index (χ0v) is 14.1. The number of nitrogens with zero attached hydrogens (tertiary/aromatic N) is 3. The Morgan fingerprint density at radius 2 is 1.90 bits per heavy atom. The molecular formula is C15H19BrN4O. The molecule has 1 aromatic carbocycles. The van der Waals surface area contributed by atoms with Crippen molar-refractivity contribution in [1.29, 1.82) is 0 Å². The molecule has 0 saturated carbocycles. The van der Waals surface area contributed by atoms with Crippen LogP contribution >= 0.6 is 15.9 Å². The Morgan fingerprint density at radius 3 is 2.52 bits per heavy atom. The summed E-state index contributed by atoms with van der Waals surface area (Å²) in [7, 11) is 1.65. The minimum atomic E-state index is 0.566. The van der Waals surface area contributed by atoms with Gasteiger partial charge >= 0.3 is 0 Å². The number of rotatable bonds is 6. The van der Waals surface area contributed by atoms with Gasteiger partial charge < -0.3 is 10.1 Å². The van der Waals surface area contributed by atoms with Crippen molar-refractivity contribution in [3.05, 3.63) is 39.6 Å². The van der Waals surface area contributed by atoms with E-state index in [1.54, 1.807) is 7.11 Å². The third-order valence-electron chi connectivity index (χ3n) is 3.18. The molecule has 1 N–H and O–H groups in total. The lowest BCUT2D eigenvalue weighted by Crippen LogP contribution is -2.09. The van der Waals surface area contributed by atoms with E-state index in [0.717, 1.165) is 40.0 Å². The summed E-state index contributed by atoms with van der Waals surface area (Å²) in [5, 5.41) is 11.5. The minimum Gasteiger partial charge on any atom is -0.496 e. The predicted octanol–water partition coefficient (Wildman–Crippen LogP) is 3.38. The van der Waals surface area contributed by atoms with E-state index in [2.05, 4.69) is 50.3 Å². The lowest BCUT2D eigenvalue weighted by Gasteiger charge is -2.09. The summed E-state index contributed by atoms with van der Waals surface area (Å²) in [5.41, 5.74) is 3.09. The molecule has 112 valence electrons. The first-order valence-electron chi connectivity index (χ1n) is 6.96. The molecule has 0 fully saturated rings. The Labute approximate surface area is 133 Å². The largest absolute Gasteiger partial charge is 0.496 e. The molecule has 21 heavy (non-hydrogen) atoms. The number of halogens is 1. The van der Waals surface area contributed by atoms with Gasteiger partial charge in [-0.15, -0.1) is 5.10 Å². The zero-order valence-electron chi connectivity index (χ0n) is 12.5. The molecule has 0 saturated heterocycles. The number of ether oxygens (including phenoxy) is 1. The second-order valence-electron chi connectivity index (χ2n) is 4.56. The number of methoxy groups -OCH3 is 1. The third-order valence-corrected chi connectivity index (χ3v) is 3.80. The molecular weight excluding hydrogens is 332 g/mol. The van der Waals surface area contributed by atoms with Crippen molar-refractivity contribution in [2.24, 2.45) is 0 Å². The van der Waals surface area contributed by atoms with Crippen molar-refractivity contribution < 1.29 is 4.74 Å². The van der Waals surface area contributed by atoms with Gasteiger partial charge in [0.2, 0.25) is 5.95 Å². The summed E-state index contributed by atoms with van der Waals surface area (Å²) >= 11 is 3.48. The van der Waals surface area contributed by atoms with E-state index in [4.69, 9.17) is 4.74 Å². The van der Waals surface area contributed by atoms with Gasteiger partial charge in [0.15, 0.2) is 0 Å². The molecule has 0 atom stereocenters. The van der Waals surface area contributed by atoms with Crippen LogP contribution in [0.15, 0.2) is 22.7 Å². The lowest BCUT2D eigenvalue weighted by atomic mass is 10.2. The molecule has 2 aromatic rings. The van der Waals surface area contributed by atoms with E-state index in [1.807, 2.05) is 18.2 Å². The molecule has 0 bridgehead atoms. The van der Waals surface area contributed by atoms with E-state index in [-0.39, 0.29) is 0 Å². The van der Waals surface area contributed by atoms with Gasteiger partial charge in [0.05, 0.1) is 23.0 Å². The fourth-order valence-corrected chi connectivity index (χ4v) is 2.60. The summed E-state index contributed by atoms with van der Waals surface area (Å²) in [6.45, 7) is 4.78. The monoisotopic (exact) mass is 350 g/mol. The molecule has 0 radical (unpaired) electrons. The first kappa shape index (κ1) is 15.7. The highest BCUT2D eigenvalue weighted by Crippen LogP contribution is 2.25. The van der Waals surface area contributed by atoms with Crippen molar-refractivity contribution >= 4 is 21.9 Å². The molecule has 5 nitrogen and oxygen atoms in total. The summed E-state index contributed by atoms with van der Waals surface area (Å²) < 4.78 is 6.15. The van der Waals surface area contributed by atoms with E-state index in [0.29, 0.717) is 12.5 Å². The van der Waals surface area contributed by atoms with Gasteiger partial charge in [0.25, 0.3) is 0 Å². The minimum absolute atomic E-state index is 0.566. The Kier molecular flexibility index (Phi) is 5.50. The van der Waals surface area contributed by atoms with Crippen LogP contribution in [0.1, 0.15) is 30.8 Å². The van der Waals surface area contributed by atoms with Crippen LogP contribution in [0.5, 0.6) is 5.75 Å². The van der Waals surface area contributed by atoms with Crippen molar-refractivity contribution in [1.82, 2.24) is 15.2 Å². The highest BCUT2D eigenvalue weighted by atomic mass is 79.9. The van der Waals surface area contributed by atoms with E-state index in [9.17, 15) is 0 Å². The molecule has 0 aliphatic carbocycles. The molecule has 0 spiro atoms. The lowest BCUT2D eigenvalue weighted by molar-refractivity contribution is 0.412. The Morgan fingerprint density at radius 1 is 1.14 bits per heavy atom. The SMILES string of the molecule is CCc1nnc(NCc2ccc(OC)c(Br)c2)nc1CC. The maximum atomic E-state index is 5.22. The van der Waals surface area contributed by atoms with Gasteiger partial charge in [0, 0.05) is 6.54 Å². The Balaban J connectivity index is 2.07. The highest BCUT2D eigenvalue weighted by Gasteiger charge is 2.06. The predicted molar refractivity (Wildman–Crippen MR) is 86.6 cm³/mol. The maximum Gasteiger partial charge on any atom is 0.243 e. The van der Waals surface area contributed by atoms with Gasteiger partial charge in [-0.1, -0.05) is 19.9 Å². The quantitative estimate of drug-likeness (QED) is 0.865. The van der Waals surface area contributed by atoms with E-state index in [1.165, 1.54) is 0 Å². The van der Waals surface area contributed by atoms with Gasteiger partial charge in [-0.25, -0.2) is 4.98 Å². The van der Waals surface area contributed by atoms with Gasteiger partial charge in [-0.3, -0.25) is 0 Å². The van der Waals surface area contributed by atoms with Gasteiger partial charge in [-0.05, 0) is 46.5 Å². The Bertz CT molecular complexity index is 619. The summed E-state index contributed by atoms with van der Waals surface area (Å²) in [6, 6.07) is 5.95. The first-order chi connectivity index (χ1) is 10.2. The van der Waals surface area contributed by atoms with Crippen molar-refractivity contribution in [2.45, 2.75) is 33.2 Å². The second kappa shape index (κ2) is 7.36. The summed E-state index contributed by atoms with van der Waals surface area (Å²) in [6.07, 6.45) is 1.72. The summed E-state index contributed by atoms with van der Waals surface area (Å²) in [4.78, 5) is 4.51. The van der Waals surface area contributed by atoms with Crippen LogP contribution < -0.4 is 10.1 Å². The average molecular weight is 351 g/mol. The molecule has 1 heterocycles. The zero-order chi connectivity index (χ0) is 15.2. The highest BCUT2D eigenvalue weighted by molar-refractivity contribution is 9.10. The number of benzene rings is 1. The number of anilines is 1. The standard InChI is InChI=1S/C15H19BrN4O/c1-4-12-13(5-2)19-20-15(18-12)17-9-10-6-7-14(21-3)11(16)8-10/h6-8H,4-5,9H2,1-3H3,(H,17,18,20). The maximum absolute atomic E-state index is 5.22. The van der Waals surface area contributed by atoms with E-state index >= 15 is 0 Å². The van der Waals surface area contributed by atoms with Crippen LogP contribution in [0.25, 0.3) is 0 Å². The molecule has 0 amide bonds. The number of aromatic nitrogens is 3. The third kappa shape index (κ3) is 3.91. The summed E-state index contributed by atoms with van der Waals surface area (Å²) in [5.74, 6) is 1.38. The number of nitrogens with one attached hydrogen (secondary N) is 1. The molecule has 1 aromatic heterocycles. The molecule has 6 heteroatoms. The number of hydrogen-bond acceptors (Lipinski definition) is 5. The topological polar surface area (TPSA) is 59.9 Å². The second-order valence-corrected chi connectivity index (χ2v) is 5.41. The van der Waals surface area contributed by atoms with Crippen LogP contribution in [-0.4, -0.2) is 22.3 Å². The first-order valence-corrected chi connectivity index (χ1v) is 7.76. The van der Waals surface area contributed by atoms with Gasteiger partial charge in [-0.2, -0.15) is 5.10 Å². The van der Waals surface area contributed by atoms with Crippen LogP contribution in [0.4, 0.5) is 5.95 Å². The van der Waals surface area contributed by atoms with Crippen LogP contribution in [0, 0.1) is 0 Å². The molecule has 0 aliphatic heterocycles. The normalized spacial score (nSPS) is 10.5. The average Bonchev–Trinajstić information content (AvgIpc) is 2.52. The van der Waals surface area contributed by atoms with Crippen LogP contribution in [0.2, 0.25) is 0 Å². The van der Waals surface area contributed by atoms with Gasteiger partial charge in [0.1, 0.15) is 5.75 Å². The van der Waals surface area contributed by atoms with Crippen molar-refractivity contribution in [3.8, 4) is 5.75 Å². The fourth-order valence-electron chi connectivity index (χ4n) is 2.01.